The minimum atomic E-state index is -0.867. The highest BCUT2D eigenvalue weighted by atomic mass is 16.4. The number of carbonyl (C=O) groups excluding carboxylic acids is 1. The second-order valence-corrected chi connectivity index (χ2v) is 5.88. The molecular weight excluding hydrogens is 266 g/mol. The van der Waals surface area contributed by atoms with Gasteiger partial charge in [0.15, 0.2) is 0 Å². The van der Waals surface area contributed by atoms with Crippen molar-refractivity contribution in [1.82, 2.24) is 0 Å². The summed E-state index contributed by atoms with van der Waals surface area (Å²) >= 11 is 0. The smallest absolute Gasteiger partial charge is 0.307 e. The summed E-state index contributed by atoms with van der Waals surface area (Å²) in [5, 5.41) is 12.2. The van der Waals surface area contributed by atoms with Crippen LogP contribution in [-0.4, -0.2) is 17.0 Å². The monoisotopic (exact) mass is 285 g/mol. The molecule has 2 unspecified atom stereocenters. The van der Waals surface area contributed by atoms with Crippen LogP contribution in [0.25, 0.3) is 0 Å². The number of carboxylic acids is 1. The Kier molecular flexibility index (Phi) is 3.53. The van der Waals surface area contributed by atoms with Gasteiger partial charge in [-0.15, -0.1) is 0 Å². The van der Waals surface area contributed by atoms with E-state index in [1.54, 1.807) is 0 Å². The maximum absolute atomic E-state index is 12.5. The average Bonchev–Trinajstić information content (AvgIpc) is 3.08. The van der Waals surface area contributed by atoms with Crippen LogP contribution >= 0.6 is 0 Å². The lowest BCUT2D eigenvalue weighted by atomic mass is 9.82. The number of hydrogen-bond donors (Lipinski definition) is 2. The summed E-state index contributed by atoms with van der Waals surface area (Å²) in [6.45, 7) is 2.08. The van der Waals surface area contributed by atoms with Gasteiger partial charge in [-0.1, -0.05) is 31.2 Å². The number of aryl methyl sites for hydroxylation is 1. The molecule has 110 valence electrons. The van der Waals surface area contributed by atoms with Crippen LogP contribution in [0, 0.1) is 23.7 Å². The van der Waals surface area contributed by atoms with Crippen LogP contribution < -0.4 is 5.32 Å². The zero-order chi connectivity index (χ0) is 15.0. The number of fused-ring (bicyclic) bond motifs is 2. The quantitative estimate of drug-likeness (QED) is 0.836. The van der Waals surface area contributed by atoms with Gasteiger partial charge < -0.3 is 10.4 Å². The first-order valence-electron chi connectivity index (χ1n) is 7.41. The number of carbonyl (C=O) groups is 2. The maximum Gasteiger partial charge on any atom is 0.307 e. The Hall–Kier alpha value is -2.10. The molecule has 0 spiro atoms. The van der Waals surface area contributed by atoms with Gasteiger partial charge in [0.1, 0.15) is 0 Å². The Bertz CT molecular complexity index is 591. The van der Waals surface area contributed by atoms with Gasteiger partial charge in [0.2, 0.25) is 5.91 Å². The molecule has 0 aliphatic heterocycles. The number of anilines is 1. The molecule has 0 radical (unpaired) electrons. The number of benzene rings is 1. The van der Waals surface area contributed by atoms with Gasteiger partial charge in [-0.3, -0.25) is 9.59 Å². The van der Waals surface area contributed by atoms with E-state index in [1.165, 1.54) is 5.56 Å². The fraction of sp³-hybridized carbons (Fsp3) is 0.412. The van der Waals surface area contributed by atoms with E-state index >= 15 is 0 Å². The lowest BCUT2D eigenvalue weighted by Crippen LogP contribution is -2.36. The first kappa shape index (κ1) is 13.9. The van der Waals surface area contributed by atoms with E-state index in [0.717, 1.165) is 18.5 Å². The van der Waals surface area contributed by atoms with Crippen molar-refractivity contribution in [2.45, 2.75) is 19.8 Å². The molecule has 21 heavy (non-hydrogen) atoms. The lowest BCUT2D eigenvalue weighted by Gasteiger charge is -2.23. The summed E-state index contributed by atoms with van der Waals surface area (Å²) < 4.78 is 0. The van der Waals surface area contributed by atoms with Crippen LogP contribution in [0.5, 0.6) is 0 Å². The molecule has 1 saturated carbocycles. The van der Waals surface area contributed by atoms with Crippen LogP contribution in [0.3, 0.4) is 0 Å². The highest BCUT2D eigenvalue weighted by molar-refractivity contribution is 5.96. The van der Waals surface area contributed by atoms with Gasteiger partial charge in [-0.05, 0) is 42.4 Å². The second kappa shape index (κ2) is 5.35. The second-order valence-electron chi connectivity index (χ2n) is 5.88. The third-order valence-corrected chi connectivity index (χ3v) is 4.68. The largest absolute Gasteiger partial charge is 0.481 e. The summed E-state index contributed by atoms with van der Waals surface area (Å²) in [6.07, 6.45) is 5.67. The van der Waals surface area contributed by atoms with E-state index in [1.807, 2.05) is 36.4 Å². The molecule has 4 heteroatoms. The number of aliphatic carboxylic acids is 1. The van der Waals surface area contributed by atoms with Crippen molar-refractivity contribution in [3.8, 4) is 0 Å². The Balaban J connectivity index is 1.75. The predicted octanol–water partition coefficient (Wildman–Crippen LogP) is 2.71. The molecule has 0 aromatic heterocycles. The van der Waals surface area contributed by atoms with Crippen LogP contribution in [0.2, 0.25) is 0 Å². The van der Waals surface area contributed by atoms with Gasteiger partial charge >= 0.3 is 5.97 Å². The predicted molar refractivity (Wildman–Crippen MR) is 79.8 cm³/mol. The SMILES string of the molecule is CCc1ccc(NC(=O)[C@H]2C3C=CC(C3)[C@H]2C(=O)O)cc1. The summed E-state index contributed by atoms with van der Waals surface area (Å²) in [6, 6.07) is 7.70. The summed E-state index contributed by atoms with van der Waals surface area (Å²) in [7, 11) is 0. The van der Waals surface area contributed by atoms with E-state index in [-0.39, 0.29) is 17.7 Å². The number of allylic oxidation sites excluding steroid dienone is 2. The Morgan fingerprint density at radius 1 is 1.14 bits per heavy atom. The molecule has 2 aliphatic rings. The number of nitrogens with one attached hydrogen (secondary N) is 1. The van der Waals surface area contributed by atoms with E-state index in [9.17, 15) is 14.7 Å². The van der Waals surface area contributed by atoms with Crippen molar-refractivity contribution in [1.29, 1.82) is 0 Å². The normalized spacial score (nSPS) is 29.6. The molecule has 2 bridgehead atoms. The van der Waals surface area contributed by atoms with Crippen LogP contribution in [0.1, 0.15) is 18.9 Å². The molecule has 0 heterocycles. The van der Waals surface area contributed by atoms with E-state index < -0.39 is 17.8 Å². The number of rotatable bonds is 4. The zero-order valence-electron chi connectivity index (χ0n) is 12.0. The van der Waals surface area contributed by atoms with E-state index in [2.05, 4.69) is 12.2 Å². The molecule has 0 saturated heterocycles. The lowest BCUT2D eigenvalue weighted by molar-refractivity contribution is -0.146. The summed E-state index contributed by atoms with van der Waals surface area (Å²) in [5.41, 5.74) is 1.94. The van der Waals surface area contributed by atoms with Gasteiger partial charge in [-0.2, -0.15) is 0 Å². The van der Waals surface area contributed by atoms with Crippen molar-refractivity contribution in [2.24, 2.45) is 23.7 Å². The minimum Gasteiger partial charge on any atom is -0.481 e. The molecule has 1 fully saturated rings. The van der Waals surface area contributed by atoms with E-state index in [0.29, 0.717) is 0 Å². The van der Waals surface area contributed by atoms with Crippen molar-refractivity contribution in [3.05, 3.63) is 42.0 Å². The highest BCUT2D eigenvalue weighted by Gasteiger charge is 2.51. The van der Waals surface area contributed by atoms with E-state index in [4.69, 9.17) is 0 Å². The summed E-state index contributed by atoms with van der Waals surface area (Å²) in [4.78, 5) is 23.9. The molecule has 2 N–H and O–H groups in total. The van der Waals surface area contributed by atoms with Crippen LogP contribution in [0.4, 0.5) is 5.69 Å². The first-order chi connectivity index (χ1) is 10.1. The number of amides is 1. The van der Waals surface area contributed by atoms with Gasteiger partial charge in [-0.25, -0.2) is 0 Å². The van der Waals surface area contributed by atoms with Gasteiger partial charge in [0, 0.05) is 5.69 Å². The third kappa shape index (κ3) is 2.46. The number of hydrogen-bond acceptors (Lipinski definition) is 2. The fourth-order valence-corrected chi connectivity index (χ4v) is 3.57. The zero-order valence-corrected chi connectivity index (χ0v) is 12.0. The Morgan fingerprint density at radius 3 is 2.33 bits per heavy atom. The molecule has 3 rings (SSSR count). The van der Waals surface area contributed by atoms with Crippen LogP contribution in [0.15, 0.2) is 36.4 Å². The fourth-order valence-electron chi connectivity index (χ4n) is 3.57. The van der Waals surface area contributed by atoms with Crippen LogP contribution in [-0.2, 0) is 16.0 Å². The average molecular weight is 285 g/mol. The van der Waals surface area contributed by atoms with Crippen molar-refractivity contribution < 1.29 is 14.7 Å². The molecule has 2 aliphatic carbocycles. The molecule has 4 nitrogen and oxygen atoms in total. The minimum absolute atomic E-state index is 0.00529. The topological polar surface area (TPSA) is 66.4 Å². The Morgan fingerprint density at radius 2 is 1.76 bits per heavy atom. The standard InChI is InChI=1S/C17H19NO3/c1-2-10-3-7-13(8-4-10)18-16(19)14-11-5-6-12(9-11)15(14)17(20)21/h3-8,11-12,14-15H,2,9H2,1H3,(H,18,19)(H,20,21)/t11?,12?,14-,15+/m0/s1. The van der Waals surface area contributed by atoms with Gasteiger partial charge in [0.05, 0.1) is 11.8 Å². The Labute approximate surface area is 123 Å². The third-order valence-electron chi connectivity index (χ3n) is 4.68. The number of carboxylic acid groups (broad SMARTS) is 1. The molecule has 1 amide bonds. The molecule has 1 aromatic carbocycles. The maximum atomic E-state index is 12.5. The summed E-state index contributed by atoms with van der Waals surface area (Å²) in [5.74, 6) is -2.02. The molecular formula is C17H19NO3. The molecule has 1 aromatic rings. The van der Waals surface area contributed by atoms with Crippen molar-refractivity contribution in [2.75, 3.05) is 5.32 Å². The van der Waals surface area contributed by atoms with Crippen molar-refractivity contribution in [3.63, 3.8) is 0 Å². The highest BCUT2D eigenvalue weighted by Crippen LogP contribution is 2.48. The first-order valence-corrected chi connectivity index (χ1v) is 7.41. The van der Waals surface area contributed by atoms with Crippen molar-refractivity contribution >= 4 is 17.6 Å². The molecule has 4 atom stereocenters. The van der Waals surface area contributed by atoms with Gasteiger partial charge in [0.25, 0.3) is 0 Å².